The van der Waals surface area contributed by atoms with Crippen molar-refractivity contribution in [2.45, 2.75) is 10.6 Å². The fourth-order valence-corrected chi connectivity index (χ4v) is 4.36. The molecule has 0 saturated carbocycles. The highest BCUT2D eigenvalue weighted by Gasteiger charge is 2.26. The number of carbonyl (C=O) groups excluding carboxylic acids is 1. The average molecular weight is 394 g/mol. The Morgan fingerprint density at radius 3 is 2.21 bits per heavy atom. The molecule has 0 fully saturated rings. The second-order valence-corrected chi connectivity index (χ2v) is 8.29. The second-order valence-electron chi connectivity index (χ2n) is 6.30. The summed E-state index contributed by atoms with van der Waals surface area (Å²) in [5.74, 6) is -1.25. The summed E-state index contributed by atoms with van der Waals surface area (Å²) in [5.41, 5.74) is 0.860. The minimum absolute atomic E-state index is 0.0689. The Morgan fingerprint density at radius 2 is 1.50 bits per heavy atom. The average Bonchev–Trinajstić information content (AvgIpc) is 3.05. The zero-order chi connectivity index (χ0) is 19.7. The van der Waals surface area contributed by atoms with Crippen molar-refractivity contribution in [1.82, 2.24) is 0 Å². The summed E-state index contributed by atoms with van der Waals surface area (Å²) in [6, 6.07) is 20.0. The smallest absolute Gasteiger partial charge is 0.197 e. The Kier molecular flexibility index (Phi) is 4.57. The predicted octanol–water partition coefficient (Wildman–Crippen LogP) is 4.78. The van der Waals surface area contributed by atoms with Crippen LogP contribution in [-0.2, 0) is 15.6 Å². The van der Waals surface area contributed by atoms with E-state index in [9.17, 15) is 17.6 Å². The quantitative estimate of drug-likeness (QED) is 0.457. The van der Waals surface area contributed by atoms with Crippen LogP contribution in [0, 0.1) is 5.82 Å². The zero-order valence-electron chi connectivity index (χ0n) is 14.6. The van der Waals surface area contributed by atoms with E-state index < -0.39 is 27.2 Å². The molecule has 0 N–H and O–H groups in total. The van der Waals surface area contributed by atoms with Gasteiger partial charge in [0.15, 0.2) is 15.6 Å². The molecule has 0 atom stereocenters. The number of para-hydroxylation sites is 1. The van der Waals surface area contributed by atoms with Crippen LogP contribution in [0.25, 0.3) is 11.0 Å². The van der Waals surface area contributed by atoms with Crippen molar-refractivity contribution in [2.75, 3.05) is 0 Å². The third-order valence-corrected chi connectivity index (χ3v) is 6.06. The fourth-order valence-electron chi connectivity index (χ4n) is 3.08. The van der Waals surface area contributed by atoms with Gasteiger partial charge in [0.2, 0.25) is 0 Å². The lowest BCUT2D eigenvalue weighted by Crippen LogP contribution is -2.09. The van der Waals surface area contributed by atoms with E-state index in [4.69, 9.17) is 4.42 Å². The normalized spacial score (nSPS) is 11.6. The van der Waals surface area contributed by atoms with Gasteiger partial charge in [0.05, 0.1) is 10.5 Å². The van der Waals surface area contributed by atoms with Gasteiger partial charge in [0.25, 0.3) is 0 Å². The topological polar surface area (TPSA) is 64.3 Å². The molecule has 0 saturated heterocycles. The van der Waals surface area contributed by atoms with E-state index in [1.54, 1.807) is 42.5 Å². The van der Waals surface area contributed by atoms with E-state index in [0.717, 1.165) is 0 Å². The maximum absolute atomic E-state index is 13.2. The molecule has 0 aliphatic rings. The van der Waals surface area contributed by atoms with Gasteiger partial charge in [0, 0.05) is 10.9 Å². The lowest BCUT2D eigenvalue weighted by atomic mass is 10.0. The molecule has 1 heterocycles. The minimum Gasteiger partial charge on any atom is -0.459 e. The fraction of sp³-hybridized carbons (Fsp3) is 0.0455. The molecule has 0 amide bonds. The van der Waals surface area contributed by atoms with Crippen molar-refractivity contribution in [3.05, 3.63) is 102 Å². The number of ketones is 1. The summed E-state index contributed by atoms with van der Waals surface area (Å²) in [6.07, 6.45) is 0. The number of sulfone groups is 1. The minimum atomic E-state index is -3.71. The van der Waals surface area contributed by atoms with Crippen LogP contribution in [0.1, 0.15) is 21.7 Å². The summed E-state index contributed by atoms with van der Waals surface area (Å²) in [4.78, 5) is 13.2. The SMILES string of the molecule is O=C(c1ccc(F)cc1)c1c(CS(=O)(=O)c2ccccc2)oc2ccccc12. The van der Waals surface area contributed by atoms with Crippen LogP contribution in [0.2, 0.25) is 0 Å². The van der Waals surface area contributed by atoms with Gasteiger partial charge in [-0.3, -0.25) is 4.79 Å². The summed E-state index contributed by atoms with van der Waals surface area (Å²) < 4.78 is 44.6. The summed E-state index contributed by atoms with van der Waals surface area (Å²) >= 11 is 0. The second kappa shape index (κ2) is 7.05. The molecule has 4 rings (SSSR count). The maximum atomic E-state index is 13.2. The Bertz CT molecular complexity index is 1260. The molecule has 4 nitrogen and oxygen atoms in total. The molecule has 4 aromatic rings. The van der Waals surface area contributed by atoms with Crippen LogP contribution < -0.4 is 0 Å². The van der Waals surface area contributed by atoms with Crippen LogP contribution in [-0.4, -0.2) is 14.2 Å². The molecule has 6 heteroatoms. The van der Waals surface area contributed by atoms with Gasteiger partial charge in [-0.05, 0) is 42.5 Å². The Morgan fingerprint density at radius 1 is 0.857 bits per heavy atom. The Labute approximate surface area is 161 Å². The highest BCUT2D eigenvalue weighted by atomic mass is 32.2. The van der Waals surface area contributed by atoms with Gasteiger partial charge in [-0.1, -0.05) is 36.4 Å². The number of hydrogen-bond donors (Lipinski definition) is 0. The lowest BCUT2D eigenvalue weighted by Gasteiger charge is -2.05. The summed E-state index contributed by atoms with van der Waals surface area (Å²) in [7, 11) is -3.71. The number of benzene rings is 3. The molecule has 0 radical (unpaired) electrons. The third kappa shape index (κ3) is 3.34. The molecular weight excluding hydrogens is 379 g/mol. The Hall–Kier alpha value is -3.25. The number of halogens is 1. The molecule has 0 bridgehead atoms. The first-order valence-electron chi connectivity index (χ1n) is 8.54. The predicted molar refractivity (Wildman–Crippen MR) is 103 cm³/mol. The number of furan rings is 1. The van der Waals surface area contributed by atoms with Crippen LogP contribution in [0.5, 0.6) is 0 Å². The van der Waals surface area contributed by atoms with Crippen molar-refractivity contribution in [3.8, 4) is 0 Å². The van der Waals surface area contributed by atoms with E-state index in [2.05, 4.69) is 0 Å². The van der Waals surface area contributed by atoms with Gasteiger partial charge in [-0.2, -0.15) is 0 Å². The van der Waals surface area contributed by atoms with Crippen molar-refractivity contribution in [2.24, 2.45) is 0 Å². The molecule has 0 aliphatic carbocycles. The van der Waals surface area contributed by atoms with Crippen LogP contribution in [0.4, 0.5) is 4.39 Å². The van der Waals surface area contributed by atoms with Crippen LogP contribution >= 0.6 is 0 Å². The van der Waals surface area contributed by atoms with E-state index in [1.807, 2.05) is 0 Å². The van der Waals surface area contributed by atoms with Crippen molar-refractivity contribution in [1.29, 1.82) is 0 Å². The molecule has 0 spiro atoms. The number of hydrogen-bond acceptors (Lipinski definition) is 4. The summed E-state index contributed by atoms with van der Waals surface area (Å²) in [5, 5.41) is 0.523. The molecule has 3 aromatic carbocycles. The lowest BCUT2D eigenvalue weighted by molar-refractivity contribution is 0.103. The van der Waals surface area contributed by atoms with Crippen LogP contribution in [0.3, 0.4) is 0 Å². The van der Waals surface area contributed by atoms with E-state index >= 15 is 0 Å². The highest BCUT2D eigenvalue weighted by molar-refractivity contribution is 7.90. The first-order chi connectivity index (χ1) is 13.5. The van der Waals surface area contributed by atoms with Gasteiger partial charge in [-0.15, -0.1) is 0 Å². The van der Waals surface area contributed by atoms with E-state index in [-0.39, 0.29) is 21.8 Å². The molecular formula is C22H15FO4S. The van der Waals surface area contributed by atoms with Gasteiger partial charge < -0.3 is 4.42 Å². The van der Waals surface area contributed by atoms with Crippen molar-refractivity contribution < 1.29 is 22.0 Å². The van der Waals surface area contributed by atoms with Crippen molar-refractivity contribution >= 4 is 26.6 Å². The molecule has 28 heavy (non-hydrogen) atoms. The van der Waals surface area contributed by atoms with Gasteiger partial charge >= 0.3 is 0 Å². The van der Waals surface area contributed by atoms with Gasteiger partial charge in [-0.25, -0.2) is 12.8 Å². The maximum Gasteiger partial charge on any atom is 0.197 e. The first kappa shape index (κ1) is 18.1. The third-order valence-electron chi connectivity index (χ3n) is 4.43. The monoisotopic (exact) mass is 394 g/mol. The molecule has 1 aromatic heterocycles. The van der Waals surface area contributed by atoms with Gasteiger partial charge in [0.1, 0.15) is 22.9 Å². The zero-order valence-corrected chi connectivity index (χ0v) is 15.4. The Balaban J connectivity index is 1.84. The van der Waals surface area contributed by atoms with Crippen LogP contribution in [0.15, 0.2) is 88.2 Å². The molecule has 0 aliphatic heterocycles. The first-order valence-corrected chi connectivity index (χ1v) is 10.2. The number of carbonyl (C=O) groups is 1. The van der Waals surface area contributed by atoms with E-state index in [0.29, 0.717) is 11.0 Å². The molecule has 140 valence electrons. The van der Waals surface area contributed by atoms with E-state index in [1.165, 1.54) is 36.4 Å². The van der Waals surface area contributed by atoms with Crippen molar-refractivity contribution in [3.63, 3.8) is 0 Å². The summed E-state index contributed by atoms with van der Waals surface area (Å²) in [6.45, 7) is 0. The molecule has 0 unspecified atom stereocenters. The number of fused-ring (bicyclic) bond motifs is 1. The largest absolute Gasteiger partial charge is 0.459 e. The highest BCUT2D eigenvalue weighted by Crippen LogP contribution is 2.31. The standard InChI is InChI=1S/C22H15FO4S/c23-16-12-10-15(11-13-16)22(24)21-18-8-4-5-9-19(18)27-20(21)14-28(25,26)17-6-2-1-3-7-17/h1-13H,14H2. The number of rotatable bonds is 5.